The van der Waals surface area contributed by atoms with Crippen molar-refractivity contribution >= 4 is 17.8 Å². The molecule has 0 aromatic heterocycles. The maximum atomic E-state index is 11.7. The lowest BCUT2D eigenvalue weighted by atomic mass is 9.98. The molecule has 0 radical (unpaired) electrons. The van der Waals surface area contributed by atoms with Crippen molar-refractivity contribution in [2.75, 3.05) is 6.54 Å². The molecule has 0 aliphatic heterocycles. The number of rotatable bonds is 9. The molecule has 110 valence electrons. The van der Waals surface area contributed by atoms with Crippen molar-refractivity contribution in [1.29, 1.82) is 0 Å². The van der Waals surface area contributed by atoms with Gasteiger partial charge in [-0.3, -0.25) is 14.4 Å². The maximum absolute atomic E-state index is 11.7. The van der Waals surface area contributed by atoms with Gasteiger partial charge in [0.1, 0.15) is 0 Å². The Morgan fingerprint density at radius 3 is 2.16 bits per heavy atom. The third-order valence-electron chi connectivity index (χ3n) is 2.62. The largest absolute Gasteiger partial charge is 0.481 e. The van der Waals surface area contributed by atoms with Crippen LogP contribution in [0, 0.1) is 0 Å². The van der Waals surface area contributed by atoms with Crippen LogP contribution in [0.15, 0.2) is 0 Å². The summed E-state index contributed by atoms with van der Waals surface area (Å²) in [5.74, 6) is -1.08. The lowest BCUT2D eigenvalue weighted by Crippen LogP contribution is -2.43. The summed E-state index contributed by atoms with van der Waals surface area (Å²) >= 11 is 0. The normalized spacial score (nSPS) is 10.9. The van der Waals surface area contributed by atoms with Gasteiger partial charge in [-0.1, -0.05) is 0 Å². The van der Waals surface area contributed by atoms with Crippen LogP contribution >= 0.6 is 0 Å². The number of carbonyl (C=O) groups excluding carboxylic acids is 2. The molecule has 6 nitrogen and oxygen atoms in total. The second kappa shape index (κ2) is 8.50. The molecule has 0 heterocycles. The first-order valence-electron chi connectivity index (χ1n) is 6.56. The molecular formula is C13H24N2O4. The van der Waals surface area contributed by atoms with E-state index in [9.17, 15) is 14.4 Å². The highest BCUT2D eigenvalue weighted by Crippen LogP contribution is 2.11. The van der Waals surface area contributed by atoms with Gasteiger partial charge in [0, 0.05) is 31.3 Å². The van der Waals surface area contributed by atoms with Gasteiger partial charge < -0.3 is 15.7 Å². The number of carboxylic acids is 1. The van der Waals surface area contributed by atoms with Crippen molar-refractivity contribution in [3.8, 4) is 0 Å². The molecule has 0 fully saturated rings. The predicted octanol–water partition coefficient (Wildman–Crippen LogP) is 1.05. The third-order valence-corrected chi connectivity index (χ3v) is 2.62. The average molecular weight is 272 g/mol. The molecule has 0 aliphatic carbocycles. The van der Waals surface area contributed by atoms with Crippen molar-refractivity contribution in [3.05, 3.63) is 0 Å². The van der Waals surface area contributed by atoms with Gasteiger partial charge in [-0.15, -0.1) is 0 Å². The van der Waals surface area contributed by atoms with Gasteiger partial charge in [-0.05, 0) is 33.6 Å². The van der Waals surface area contributed by atoms with Crippen molar-refractivity contribution in [2.45, 2.75) is 58.4 Å². The van der Waals surface area contributed by atoms with E-state index in [0.29, 0.717) is 25.8 Å². The Bertz CT molecular complexity index is 327. The van der Waals surface area contributed by atoms with Gasteiger partial charge in [-0.2, -0.15) is 0 Å². The zero-order valence-electron chi connectivity index (χ0n) is 11.9. The topological polar surface area (TPSA) is 95.5 Å². The van der Waals surface area contributed by atoms with Crippen molar-refractivity contribution in [3.63, 3.8) is 0 Å². The summed E-state index contributed by atoms with van der Waals surface area (Å²) < 4.78 is 0. The summed E-state index contributed by atoms with van der Waals surface area (Å²) in [6.45, 7) is 6.01. The van der Waals surface area contributed by atoms with Crippen LogP contribution in [0.4, 0.5) is 0 Å². The minimum atomic E-state index is -0.876. The molecule has 0 rings (SSSR count). The SMILES string of the molecule is CCNC(=O)CCCC(=O)NC(C)(C)CCC(=O)O. The summed E-state index contributed by atoms with van der Waals surface area (Å²) in [6.07, 6.45) is 1.49. The number of hydrogen-bond donors (Lipinski definition) is 3. The molecule has 0 aliphatic rings. The van der Waals surface area contributed by atoms with Crippen LogP contribution in [-0.2, 0) is 14.4 Å². The van der Waals surface area contributed by atoms with Gasteiger partial charge in [0.05, 0.1) is 0 Å². The van der Waals surface area contributed by atoms with Crippen LogP contribution in [-0.4, -0.2) is 35.0 Å². The number of carbonyl (C=O) groups is 3. The van der Waals surface area contributed by atoms with E-state index < -0.39 is 11.5 Å². The minimum absolute atomic E-state index is 0.0200. The van der Waals surface area contributed by atoms with E-state index in [1.807, 2.05) is 6.92 Å². The van der Waals surface area contributed by atoms with E-state index in [-0.39, 0.29) is 24.7 Å². The second-order valence-corrected chi connectivity index (χ2v) is 5.13. The Morgan fingerprint density at radius 1 is 1.05 bits per heavy atom. The standard InChI is InChI=1S/C13H24N2O4/c1-4-14-10(16)6-5-7-11(17)15-13(2,3)9-8-12(18)19/h4-9H2,1-3H3,(H,14,16)(H,15,17)(H,18,19). The zero-order valence-corrected chi connectivity index (χ0v) is 11.9. The monoisotopic (exact) mass is 272 g/mol. The quantitative estimate of drug-likeness (QED) is 0.584. The molecule has 3 N–H and O–H groups in total. The van der Waals surface area contributed by atoms with E-state index in [1.165, 1.54) is 0 Å². The maximum Gasteiger partial charge on any atom is 0.303 e. The fourth-order valence-electron chi connectivity index (χ4n) is 1.62. The fraction of sp³-hybridized carbons (Fsp3) is 0.769. The van der Waals surface area contributed by atoms with E-state index >= 15 is 0 Å². The summed E-state index contributed by atoms with van der Waals surface area (Å²) in [6, 6.07) is 0. The lowest BCUT2D eigenvalue weighted by molar-refractivity contribution is -0.138. The molecule has 0 aromatic rings. The van der Waals surface area contributed by atoms with Gasteiger partial charge in [0.2, 0.25) is 11.8 Å². The molecule has 19 heavy (non-hydrogen) atoms. The summed E-state index contributed by atoms with van der Waals surface area (Å²) in [7, 11) is 0. The van der Waals surface area contributed by atoms with Crippen LogP contribution < -0.4 is 10.6 Å². The average Bonchev–Trinajstić information content (AvgIpc) is 2.26. The van der Waals surface area contributed by atoms with Crippen LogP contribution in [0.2, 0.25) is 0 Å². The second-order valence-electron chi connectivity index (χ2n) is 5.13. The Balaban J connectivity index is 3.89. The molecule has 0 bridgehead atoms. The van der Waals surface area contributed by atoms with Crippen LogP contribution in [0.3, 0.4) is 0 Å². The highest BCUT2D eigenvalue weighted by Gasteiger charge is 2.21. The van der Waals surface area contributed by atoms with E-state index in [1.54, 1.807) is 13.8 Å². The number of amides is 2. The van der Waals surface area contributed by atoms with Gasteiger partial charge in [-0.25, -0.2) is 0 Å². The predicted molar refractivity (Wildman–Crippen MR) is 71.6 cm³/mol. The molecule has 6 heteroatoms. The summed E-state index contributed by atoms with van der Waals surface area (Å²) in [5.41, 5.74) is -0.541. The molecule has 0 atom stereocenters. The Hall–Kier alpha value is -1.59. The van der Waals surface area contributed by atoms with Crippen molar-refractivity contribution in [1.82, 2.24) is 10.6 Å². The summed E-state index contributed by atoms with van der Waals surface area (Å²) in [4.78, 5) is 33.3. The molecule has 0 saturated heterocycles. The van der Waals surface area contributed by atoms with Gasteiger partial charge >= 0.3 is 5.97 Å². The lowest BCUT2D eigenvalue weighted by Gasteiger charge is -2.25. The molecule has 0 saturated carbocycles. The molecule has 0 spiro atoms. The molecule has 0 aromatic carbocycles. The fourth-order valence-corrected chi connectivity index (χ4v) is 1.62. The van der Waals surface area contributed by atoms with Gasteiger partial charge in [0.25, 0.3) is 0 Å². The summed E-state index contributed by atoms with van der Waals surface area (Å²) in [5, 5.41) is 14.1. The third kappa shape index (κ3) is 10.1. The smallest absolute Gasteiger partial charge is 0.303 e. The van der Waals surface area contributed by atoms with Gasteiger partial charge in [0.15, 0.2) is 0 Å². The van der Waals surface area contributed by atoms with Crippen LogP contribution in [0.25, 0.3) is 0 Å². The van der Waals surface area contributed by atoms with Crippen molar-refractivity contribution in [2.24, 2.45) is 0 Å². The number of hydrogen-bond acceptors (Lipinski definition) is 3. The number of carboxylic acid groups (broad SMARTS) is 1. The Labute approximate surface area is 113 Å². The zero-order chi connectivity index (χ0) is 14.9. The minimum Gasteiger partial charge on any atom is -0.481 e. The van der Waals surface area contributed by atoms with E-state index in [4.69, 9.17) is 5.11 Å². The molecule has 0 unspecified atom stereocenters. The Morgan fingerprint density at radius 2 is 1.63 bits per heavy atom. The number of nitrogens with one attached hydrogen (secondary N) is 2. The van der Waals surface area contributed by atoms with Crippen LogP contribution in [0.5, 0.6) is 0 Å². The van der Waals surface area contributed by atoms with E-state index in [0.717, 1.165) is 0 Å². The number of aliphatic carboxylic acids is 1. The van der Waals surface area contributed by atoms with E-state index in [2.05, 4.69) is 10.6 Å². The highest BCUT2D eigenvalue weighted by atomic mass is 16.4. The highest BCUT2D eigenvalue weighted by molar-refractivity contribution is 5.79. The first-order valence-corrected chi connectivity index (χ1v) is 6.56. The first-order chi connectivity index (χ1) is 8.76. The van der Waals surface area contributed by atoms with Crippen molar-refractivity contribution < 1.29 is 19.5 Å². The Kier molecular flexibility index (Phi) is 7.79. The first kappa shape index (κ1) is 17.4. The van der Waals surface area contributed by atoms with Crippen LogP contribution in [0.1, 0.15) is 52.9 Å². The molecule has 2 amide bonds. The molecular weight excluding hydrogens is 248 g/mol.